The molecule has 9 heteroatoms. The summed E-state index contributed by atoms with van der Waals surface area (Å²) in [6, 6.07) is 3.05. The number of hydrogen-bond donors (Lipinski definition) is 1. The molecule has 1 aromatic heterocycles. The second-order valence-electron chi connectivity index (χ2n) is 7.73. The number of hydrogen-bond acceptors (Lipinski definition) is 6. The van der Waals surface area contributed by atoms with E-state index in [0.717, 1.165) is 51.3 Å². The molecule has 0 bridgehead atoms. The Morgan fingerprint density at radius 1 is 1.25 bits per heavy atom. The third kappa shape index (κ3) is 3.30. The van der Waals surface area contributed by atoms with Gasteiger partial charge in [-0.25, -0.2) is 27.7 Å². The predicted molar refractivity (Wildman–Crippen MR) is 108 cm³/mol. The van der Waals surface area contributed by atoms with Crippen LogP contribution in [0.1, 0.15) is 26.2 Å². The van der Waals surface area contributed by atoms with Gasteiger partial charge in [0.05, 0.1) is 12.6 Å². The standard InChI is InChI=1S/C19H26FN5O2S/c1-3-28(21,26)25-9-6-19(12-25)4-7-24(8-5-19)18-14-10-15(20)17(27-2)11-16(14)22-13-23-18/h10-11,13,21H,3-9,12H2,1-2H3. The molecular weight excluding hydrogens is 381 g/mol. The van der Waals surface area contributed by atoms with E-state index in [1.165, 1.54) is 19.5 Å². The van der Waals surface area contributed by atoms with Gasteiger partial charge in [-0.3, -0.25) is 0 Å². The van der Waals surface area contributed by atoms with Crippen LogP contribution in [0.5, 0.6) is 5.75 Å². The Morgan fingerprint density at radius 3 is 2.64 bits per heavy atom. The van der Waals surface area contributed by atoms with Crippen molar-refractivity contribution in [2.75, 3.05) is 43.9 Å². The highest BCUT2D eigenvalue weighted by molar-refractivity contribution is 7.90. The molecule has 7 nitrogen and oxygen atoms in total. The molecule has 0 amide bonds. The number of halogens is 1. The van der Waals surface area contributed by atoms with Gasteiger partial charge in [0.15, 0.2) is 11.6 Å². The van der Waals surface area contributed by atoms with Gasteiger partial charge in [0, 0.05) is 43.4 Å². The first kappa shape index (κ1) is 19.3. The summed E-state index contributed by atoms with van der Waals surface area (Å²) in [5.41, 5.74) is 0.777. The van der Waals surface area contributed by atoms with Crippen molar-refractivity contribution >= 4 is 26.6 Å². The molecule has 1 aromatic carbocycles. The molecule has 152 valence electrons. The SMILES string of the molecule is CCS(=N)(=O)N1CCC2(CCN(c3ncnc4cc(OC)c(F)cc34)CC2)C1. The van der Waals surface area contributed by atoms with E-state index in [-0.39, 0.29) is 11.2 Å². The third-order valence-corrected chi connectivity index (χ3v) is 8.15. The second-order valence-corrected chi connectivity index (χ2v) is 10.1. The van der Waals surface area contributed by atoms with E-state index in [4.69, 9.17) is 9.52 Å². The summed E-state index contributed by atoms with van der Waals surface area (Å²) in [5.74, 6) is 0.873. The van der Waals surface area contributed by atoms with Crippen LogP contribution in [-0.2, 0) is 9.92 Å². The number of ether oxygens (including phenoxy) is 1. The van der Waals surface area contributed by atoms with Crippen molar-refractivity contribution in [3.8, 4) is 5.75 Å². The van der Waals surface area contributed by atoms with Gasteiger partial charge in [0.25, 0.3) is 0 Å². The number of aromatic nitrogens is 2. The summed E-state index contributed by atoms with van der Waals surface area (Å²) < 4.78 is 41.7. The lowest BCUT2D eigenvalue weighted by Gasteiger charge is -2.40. The molecule has 2 aromatic rings. The summed E-state index contributed by atoms with van der Waals surface area (Å²) >= 11 is 0. The lowest BCUT2D eigenvalue weighted by molar-refractivity contribution is 0.235. The first-order valence-electron chi connectivity index (χ1n) is 9.62. The number of anilines is 1. The first-order valence-corrected chi connectivity index (χ1v) is 11.3. The van der Waals surface area contributed by atoms with E-state index in [1.54, 1.807) is 6.07 Å². The molecule has 4 rings (SSSR count). The molecule has 1 spiro atoms. The Bertz CT molecular complexity index is 989. The van der Waals surface area contributed by atoms with Crippen molar-refractivity contribution in [2.24, 2.45) is 5.41 Å². The Hall–Kier alpha value is -2.00. The highest BCUT2D eigenvalue weighted by atomic mass is 32.2. The van der Waals surface area contributed by atoms with E-state index in [0.29, 0.717) is 16.7 Å². The molecule has 2 aliphatic rings. The van der Waals surface area contributed by atoms with Crippen molar-refractivity contribution in [3.05, 3.63) is 24.3 Å². The highest BCUT2D eigenvalue weighted by Gasteiger charge is 2.43. The quantitative estimate of drug-likeness (QED) is 0.842. The van der Waals surface area contributed by atoms with Gasteiger partial charge in [-0.2, -0.15) is 0 Å². The summed E-state index contributed by atoms with van der Waals surface area (Å²) in [5, 5.41) is 0.685. The number of nitrogens with one attached hydrogen (secondary N) is 1. The molecule has 3 heterocycles. The second kappa shape index (κ2) is 7.11. The molecular formula is C19H26FN5O2S. The van der Waals surface area contributed by atoms with Crippen molar-refractivity contribution in [1.29, 1.82) is 4.78 Å². The van der Waals surface area contributed by atoms with Gasteiger partial charge in [-0.05, 0) is 30.7 Å². The molecule has 28 heavy (non-hydrogen) atoms. The van der Waals surface area contributed by atoms with Crippen molar-refractivity contribution < 1.29 is 13.3 Å². The Labute approximate surface area is 165 Å². The zero-order chi connectivity index (χ0) is 19.9. The minimum absolute atomic E-state index is 0.118. The lowest BCUT2D eigenvalue weighted by atomic mass is 9.78. The van der Waals surface area contributed by atoms with Crippen LogP contribution in [0.25, 0.3) is 10.9 Å². The average molecular weight is 408 g/mol. The van der Waals surface area contributed by atoms with Crippen LogP contribution in [0.4, 0.5) is 10.2 Å². The number of fused-ring (bicyclic) bond motifs is 1. The van der Waals surface area contributed by atoms with Gasteiger partial charge >= 0.3 is 0 Å². The molecule has 2 saturated heterocycles. The maximum absolute atomic E-state index is 14.2. The molecule has 1 atom stereocenters. The smallest absolute Gasteiger partial charge is 0.165 e. The lowest BCUT2D eigenvalue weighted by Crippen LogP contribution is -2.42. The number of methoxy groups -OCH3 is 1. The molecule has 1 N–H and O–H groups in total. The molecule has 2 fully saturated rings. The van der Waals surface area contributed by atoms with E-state index in [9.17, 15) is 8.60 Å². The zero-order valence-electron chi connectivity index (χ0n) is 16.3. The number of nitrogens with zero attached hydrogens (tertiary/aromatic N) is 4. The summed E-state index contributed by atoms with van der Waals surface area (Å²) in [6.07, 6.45) is 4.39. The molecule has 1 unspecified atom stereocenters. The summed E-state index contributed by atoms with van der Waals surface area (Å²) in [7, 11) is -1.19. The van der Waals surface area contributed by atoms with Gasteiger partial charge in [-0.15, -0.1) is 0 Å². The fraction of sp³-hybridized carbons (Fsp3) is 0.579. The van der Waals surface area contributed by atoms with Crippen molar-refractivity contribution in [3.63, 3.8) is 0 Å². The van der Waals surface area contributed by atoms with Crippen LogP contribution >= 0.6 is 0 Å². The zero-order valence-corrected chi connectivity index (χ0v) is 17.1. The molecule has 0 radical (unpaired) electrons. The summed E-state index contributed by atoms with van der Waals surface area (Å²) in [4.78, 5) is 10.9. The Morgan fingerprint density at radius 2 is 1.96 bits per heavy atom. The molecule has 0 saturated carbocycles. The maximum Gasteiger partial charge on any atom is 0.165 e. The fourth-order valence-corrected chi connectivity index (χ4v) is 5.62. The minimum Gasteiger partial charge on any atom is -0.494 e. The fourth-order valence-electron chi connectivity index (χ4n) is 4.38. The van der Waals surface area contributed by atoms with Crippen LogP contribution in [-0.4, -0.2) is 57.5 Å². The van der Waals surface area contributed by atoms with Gasteiger partial charge in [-0.1, -0.05) is 6.92 Å². The highest BCUT2D eigenvalue weighted by Crippen LogP contribution is 2.42. The summed E-state index contributed by atoms with van der Waals surface area (Å²) in [6.45, 7) is 4.89. The van der Waals surface area contributed by atoms with Crippen molar-refractivity contribution in [1.82, 2.24) is 14.3 Å². The predicted octanol–water partition coefficient (Wildman–Crippen LogP) is 3.05. The first-order chi connectivity index (χ1) is 13.4. The monoisotopic (exact) mass is 407 g/mol. The Balaban J connectivity index is 1.54. The van der Waals surface area contributed by atoms with E-state index < -0.39 is 15.7 Å². The van der Waals surface area contributed by atoms with Crippen LogP contribution in [0.3, 0.4) is 0 Å². The van der Waals surface area contributed by atoms with Crippen LogP contribution in [0, 0.1) is 16.0 Å². The average Bonchev–Trinajstić information content (AvgIpc) is 3.12. The van der Waals surface area contributed by atoms with Crippen LogP contribution < -0.4 is 9.64 Å². The molecule has 0 aliphatic carbocycles. The number of piperidine rings is 1. The van der Waals surface area contributed by atoms with Crippen LogP contribution in [0.15, 0.2) is 18.5 Å². The van der Waals surface area contributed by atoms with Gasteiger partial charge in [0.1, 0.15) is 22.1 Å². The normalized spacial score (nSPS) is 21.9. The van der Waals surface area contributed by atoms with Gasteiger partial charge < -0.3 is 9.64 Å². The number of rotatable bonds is 4. The van der Waals surface area contributed by atoms with Gasteiger partial charge in [0.2, 0.25) is 0 Å². The minimum atomic E-state index is -2.63. The van der Waals surface area contributed by atoms with E-state index in [2.05, 4.69) is 14.9 Å². The van der Waals surface area contributed by atoms with Crippen LogP contribution in [0.2, 0.25) is 0 Å². The largest absolute Gasteiger partial charge is 0.494 e. The van der Waals surface area contributed by atoms with E-state index in [1.807, 2.05) is 11.2 Å². The maximum atomic E-state index is 14.2. The van der Waals surface area contributed by atoms with Crippen molar-refractivity contribution in [2.45, 2.75) is 26.2 Å². The third-order valence-electron chi connectivity index (χ3n) is 6.22. The Kier molecular flexibility index (Phi) is 4.91. The topological polar surface area (TPSA) is 82.4 Å². The molecule has 2 aliphatic heterocycles. The van der Waals surface area contributed by atoms with E-state index >= 15 is 0 Å². The number of benzene rings is 1.